The zero-order valence-corrected chi connectivity index (χ0v) is 7.98. The first-order valence-corrected chi connectivity index (χ1v) is 5.12. The molecule has 13 heavy (non-hydrogen) atoms. The van der Waals surface area contributed by atoms with Gasteiger partial charge in [-0.3, -0.25) is 0 Å². The lowest BCUT2D eigenvalue weighted by atomic mass is 10.2. The van der Waals surface area contributed by atoms with E-state index in [-0.39, 0.29) is 0 Å². The van der Waals surface area contributed by atoms with Crippen LogP contribution in [0.2, 0.25) is 0 Å². The fraction of sp³-hybridized carbons (Fsp3) is 0.222. The number of hydrogen-bond donors (Lipinski definition) is 2. The molecule has 4 heteroatoms. The highest BCUT2D eigenvalue weighted by Crippen LogP contribution is 2.37. The van der Waals surface area contributed by atoms with Crippen molar-refractivity contribution in [2.45, 2.75) is 13.1 Å². The number of nitrogens with zero attached hydrogens (tertiary/aromatic N) is 1. The van der Waals surface area contributed by atoms with Gasteiger partial charge in [0.1, 0.15) is 0 Å². The first kappa shape index (κ1) is 7.15. The van der Waals surface area contributed by atoms with Gasteiger partial charge in [0.15, 0.2) is 0 Å². The van der Waals surface area contributed by atoms with Crippen molar-refractivity contribution in [3.8, 4) is 0 Å². The van der Waals surface area contributed by atoms with Crippen molar-refractivity contribution in [3.63, 3.8) is 0 Å². The first-order chi connectivity index (χ1) is 6.34. The van der Waals surface area contributed by atoms with Crippen LogP contribution < -0.4 is 10.6 Å². The standard InChI is InChI=1S/C9H9N3S/c1-5-11-6-2-3-7-9(8(6)12-5)13-4-10-7/h2-5,11-12H,1H3. The van der Waals surface area contributed by atoms with Gasteiger partial charge in [0.05, 0.1) is 33.3 Å². The number of hydrogen-bond acceptors (Lipinski definition) is 4. The van der Waals surface area contributed by atoms with E-state index in [0.717, 1.165) is 5.52 Å². The quantitative estimate of drug-likeness (QED) is 0.671. The molecule has 0 spiro atoms. The second-order valence-electron chi connectivity index (χ2n) is 3.20. The maximum Gasteiger partial charge on any atom is 0.0936 e. The monoisotopic (exact) mass is 191 g/mol. The predicted octanol–water partition coefficient (Wildman–Crippen LogP) is 2.48. The molecule has 0 aliphatic carbocycles. The molecule has 2 aromatic rings. The third-order valence-corrected chi connectivity index (χ3v) is 3.09. The molecular formula is C9H9N3S. The van der Waals surface area contributed by atoms with Gasteiger partial charge in [0.2, 0.25) is 0 Å². The topological polar surface area (TPSA) is 37.0 Å². The summed E-state index contributed by atoms with van der Waals surface area (Å²) in [5.74, 6) is 0. The van der Waals surface area contributed by atoms with Crippen LogP contribution in [0.3, 0.4) is 0 Å². The van der Waals surface area contributed by atoms with Gasteiger partial charge in [0.25, 0.3) is 0 Å². The van der Waals surface area contributed by atoms with Gasteiger partial charge in [0, 0.05) is 0 Å². The first-order valence-electron chi connectivity index (χ1n) is 4.24. The Morgan fingerprint density at radius 2 is 2.31 bits per heavy atom. The highest BCUT2D eigenvalue weighted by atomic mass is 32.1. The lowest BCUT2D eigenvalue weighted by Crippen LogP contribution is -2.16. The van der Waals surface area contributed by atoms with Crippen LogP contribution in [0.1, 0.15) is 6.92 Å². The molecule has 0 bridgehead atoms. The Kier molecular flexibility index (Phi) is 1.29. The maximum absolute atomic E-state index is 4.27. The van der Waals surface area contributed by atoms with Crippen LogP contribution in [0, 0.1) is 0 Å². The van der Waals surface area contributed by atoms with Crippen LogP contribution in [0.4, 0.5) is 11.4 Å². The lowest BCUT2D eigenvalue weighted by Gasteiger charge is -2.01. The molecule has 0 radical (unpaired) electrons. The Morgan fingerprint density at radius 1 is 1.38 bits per heavy atom. The molecule has 0 fully saturated rings. The molecule has 1 unspecified atom stereocenters. The van der Waals surface area contributed by atoms with Crippen molar-refractivity contribution in [1.82, 2.24) is 4.98 Å². The van der Waals surface area contributed by atoms with Crippen LogP contribution >= 0.6 is 11.3 Å². The summed E-state index contributed by atoms with van der Waals surface area (Å²) >= 11 is 1.68. The lowest BCUT2D eigenvalue weighted by molar-refractivity contribution is 0.957. The van der Waals surface area contributed by atoms with Gasteiger partial charge in [-0.1, -0.05) is 0 Å². The smallest absolute Gasteiger partial charge is 0.0936 e. The number of rotatable bonds is 0. The highest BCUT2D eigenvalue weighted by molar-refractivity contribution is 7.17. The average Bonchev–Trinajstić information content (AvgIpc) is 2.65. The number of thiazole rings is 1. The molecule has 1 atom stereocenters. The summed E-state index contributed by atoms with van der Waals surface area (Å²) < 4.78 is 1.24. The van der Waals surface area contributed by atoms with E-state index in [9.17, 15) is 0 Å². The van der Waals surface area contributed by atoms with E-state index in [1.807, 2.05) is 5.51 Å². The third-order valence-electron chi connectivity index (χ3n) is 2.23. The van der Waals surface area contributed by atoms with Gasteiger partial charge in [-0.25, -0.2) is 4.98 Å². The SMILES string of the molecule is CC1Nc2ccc3ncsc3c2N1. The van der Waals surface area contributed by atoms with Crippen molar-refractivity contribution in [2.24, 2.45) is 0 Å². The summed E-state index contributed by atoms with van der Waals surface area (Å²) in [5, 5.41) is 6.73. The van der Waals surface area contributed by atoms with E-state index in [0.29, 0.717) is 6.17 Å². The molecule has 1 aliphatic heterocycles. The molecule has 3 rings (SSSR count). The maximum atomic E-state index is 4.27. The van der Waals surface area contributed by atoms with Gasteiger partial charge >= 0.3 is 0 Å². The van der Waals surface area contributed by atoms with Gasteiger partial charge in [-0.05, 0) is 19.1 Å². The summed E-state index contributed by atoms with van der Waals surface area (Å²) in [4.78, 5) is 4.27. The Labute approximate surface area is 79.8 Å². The zero-order valence-electron chi connectivity index (χ0n) is 7.16. The van der Waals surface area contributed by atoms with E-state index in [2.05, 4.69) is 34.7 Å². The second kappa shape index (κ2) is 2.35. The summed E-state index contributed by atoms with van der Waals surface area (Å²) in [6.45, 7) is 2.10. The molecule has 2 heterocycles. The summed E-state index contributed by atoms with van der Waals surface area (Å²) in [5.41, 5.74) is 5.35. The number of benzene rings is 1. The largest absolute Gasteiger partial charge is 0.364 e. The minimum Gasteiger partial charge on any atom is -0.364 e. The van der Waals surface area contributed by atoms with Crippen molar-refractivity contribution in [1.29, 1.82) is 0 Å². The molecule has 1 aliphatic rings. The van der Waals surface area contributed by atoms with Gasteiger partial charge in [-0.2, -0.15) is 0 Å². The van der Waals surface area contributed by atoms with E-state index >= 15 is 0 Å². The van der Waals surface area contributed by atoms with Crippen molar-refractivity contribution in [3.05, 3.63) is 17.6 Å². The fourth-order valence-electron chi connectivity index (χ4n) is 1.68. The molecule has 0 amide bonds. The number of aromatic nitrogens is 1. The van der Waals surface area contributed by atoms with E-state index in [4.69, 9.17) is 0 Å². The van der Waals surface area contributed by atoms with Crippen LogP contribution in [0.5, 0.6) is 0 Å². The van der Waals surface area contributed by atoms with Crippen LogP contribution in [0.15, 0.2) is 17.6 Å². The normalized spacial score (nSPS) is 19.6. The van der Waals surface area contributed by atoms with Gasteiger partial charge in [-0.15, -0.1) is 11.3 Å². The third kappa shape index (κ3) is 0.920. The summed E-state index contributed by atoms with van der Waals surface area (Å²) in [7, 11) is 0. The van der Waals surface area contributed by atoms with E-state index in [1.165, 1.54) is 16.1 Å². The molecule has 2 N–H and O–H groups in total. The molecule has 66 valence electrons. The molecule has 0 saturated heterocycles. The Bertz CT molecular complexity index is 463. The minimum absolute atomic E-state index is 0.322. The van der Waals surface area contributed by atoms with Gasteiger partial charge < -0.3 is 10.6 Å². The Hall–Kier alpha value is -1.29. The Morgan fingerprint density at radius 3 is 3.23 bits per heavy atom. The van der Waals surface area contributed by atoms with Crippen LogP contribution in [0.25, 0.3) is 10.2 Å². The Balaban J connectivity index is 2.34. The molecule has 3 nitrogen and oxygen atoms in total. The summed E-state index contributed by atoms with van der Waals surface area (Å²) in [6.07, 6.45) is 0.322. The van der Waals surface area contributed by atoms with Crippen molar-refractivity contribution >= 4 is 32.9 Å². The van der Waals surface area contributed by atoms with Crippen molar-refractivity contribution < 1.29 is 0 Å². The van der Waals surface area contributed by atoms with Crippen molar-refractivity contribution in [2.75, 3.05) is 10.6 Å². The minimum atomic E-state index is 0.322. The average molecular weight is 191 g/mol. The summed E-state index contributed by atoms with van der Waals surface area (Å²) in [6, 6.07) is 4.13. The molecular weight excluding hydrogens is 182 g/mol. The molecule has 0 saturated carbocycles. The van der Waals surface area contributed by atoms with Crippen LogP contribution in [-0.2, 0) is 0 Å². The number of anilines is 2. The predicted molar refractivity (Wildman–Crippen MR) is 56.3 cm³/mol. The molecule has 1 aromatic heterocycles. The van der Waals surface area contributed by atoms with E-state index in [1.54, 1.807) is 11.3 Å². The zero-order chi connectivity index (χ0) is 8.84. The second-order valence-corrected chi connectivity index (χ2v) is 4.05. The fourth-order valence-corrected chi connectivity index (χ4v) is 2.48. The highest BCUT2D eigenvalue weighted by Gasteiger charge is 2.18. The molecule has 1 aromatic carbocycles. The van der Waals surface area contributed by atoms with Crippen LogP contribution in [-0.4, -0.2) is 11.1 Å². The number of fused-ring (bicyclic) bond motifs is 3. The van der Waals surface area contributed by atoms with E-state index < -0.39 is 0 Å². The number of nitrogens with one attached hydrogen (secondary N) is 2.